The van der Waals surface area contributed by atoms with E-state index in [0.717, 1.165) is 5.69 Å². The molecule has 2 nitrogen and oxygen atoms in total. The van der Waals surface area contributed by atoms with Gasteiger partial charge in [-0.15, -0.1) is 12.4 Å². The molecule has 0 N–H and O–H groups in total. The average molecular weight is 370 g/mol. The molecule has 0 saturated heterocycles. The molecule has 134 valence electrons. The molecule has 0 atom stereocenters. The summed E-state index contributed by atoms with van der Waals surface area (Å²) in [5.41, 5.74) is 3.96. The molecular weight excluding hydrogens is 349 g/mol. The molecule has 0 heterocycles. The van der Waals surface area contributed by atoms with E-state index in [1.165, 1.54) is 35.4 Å². The molecule has 0 aromatic heterocycles. The fourth-order valence-electron chi connectivity index (χ4n) is 2.72. The summed E-state index contributed by atoms with van der Waals surface area (Å²) >= 11 is 0. The number of benzene rings is 3. The van der Waals surface area contributed by atoms with E-state index in [0.29, 0.717) is 18.5 Å². The molecule has 0 fully saturated rings. The number of hydrogen-bond donors (Lipinski definition) is 0. The van der Waals surface area contributed by atoms with E-state index in [4.69, 9.17) is 0 Å². The van der Waals surface area contributed by atoms with Crippen LogP contribution >= 0.6 is 12.4 Å². The molecule has 0 aliphatic rings. The van der Waals surface area contributed by atoms with Crippen molar-refractivity contribution in [3.8, 4) is 11.1 Å². The van der Waals surface area contributed by atoms with Gasteiger partial charge in [-0.3, -0.25) is 4.79 Å². The Labute approximate surface area is 159 Å². The highest BCUT2D eigenvalue weighted by atomic mass is 35.5. The van der Waals surface area contributed by atoms with Crippen LogP contribution in [0.25, 0.3) is 11.1 Å². The zero-order valence-corrected chi connectivity index (χ0v) is 15.4. The topological polar surface area (TPSA) is 20.3 Å². The first-order chi connectivity index (χ1) is 12.1. The lowest BCUT2D eigenvalue weighted by Crippen LogP contribution is -2.21. The Morgan fingerprint density at radius 2 is 1.42 bits per heavy atom. The highest BCUT2D eigenvalue weighted by Gasteiger charge is 2.08. The number of anilines is 1. The van der Waals surface area contributed by atoms with Crippen molar-refractivity contribution in [2.75, 3.05) is 18.5 Å². The highest BCUT2D eigenvalue weighted by Crippen LogP contribution is 2.22. The van der Waals surface area contributed by atoms with Crippen LogP contribution in [-0.4, -0.2) is 19.4 Å². The van der Waals surface area contributed by atoms with E-state index in [1.54, 1.807) is 0 Å². The van der Waals surface area contributed by atoms with Crippen molar-refractivity contribution in [1.82, 2.24) is 0 Å². The highest BCUT2D eigenvalue weighted by molar-refractivity contribution is 5.96. The van der Waals surface area contributed by atoms with Gasteiger partial charge in [0.15, 0.2) is 5.78 Å². The maximum atomic E-state index is 12.9. The van der Waals surface area contributed by atoms with Crippen molar-refractivity contribution in [3.05, 3.63) is 90.2 Å². The molecule has 3 rings (SSSR count). The molecule has 3 aromatic carbocycles. The van der Waals surface area contributed by atoms with Gasteiger partial charge in [-0.25, -0.2) is 4.39 Å². The van der Waals surface area contributed by atoms with Crippen molar-refractivity contribution in [3.63, 3.8) is 0 Å². The summed E-state index contributed by atoms with van der Waals surface area (Å²) in [6.45, 7) is 0.612. The van der Waals surface area contributed by atoms with Gasteiger partial charge in [-0.2, -0.15) is 0 Å². The second-order valence-electron chi connectivity index (χ2n) is 6.01. The Morgan fingerprint density at radius 1 is 0.846 bits per heavy atom. The van der Waals surface area contributed by atoms with Gasteiger partial charge in [-0.1, -0.05) is 42.5 Å². The molecule has 3 aromatic rings. The van der Waals surface area contributed by atoms with Crippen LogP contribution in [0.3, 0.4) is 0 Å². The van der Waals surface area contributed by atoms with Crippen LogP contribution in [0.1, 0.15) is 16.8 Å². The summed E-state index contributed by atoms with van der Waals surface area (Å²) < 4.78 is 12.9. The SMILES string of the molecule is CN(CCC(=O)c1ccc(F)cc1)c1ccc(-c2ccccc2)cc1.Cl. The van der Waals surface area contributed by atoms with E-state index in [1.807, 2.05) is 25.2 Å². The standard InChI is InChI=1S/C22H20FNO.ClH/c1-24(16-15-22(25)19-7-11-20(23)12-8-19)21-13-9-18(10-14-21)17-5-3-2-4-6-17;/h2-14H,15-16H2,1H3;1H. The number of carbonyl (C=O) groups is 1. The first-order valence-corrected chi connectivity index (χ1v) is 8.29. The molecule has 26 heavy (non-hydrogen) atoms. The largest absolute Gasteiger partial charge is 0.374 e. The Hall–Kier alpha value is -2.65. The molecule has 0 unspecified atom stereocenters. The number of rotatable bonds is 6. The molecule has 0 amide bonds. The minimum absolute atomic E-state index is 0. The summed E-state index contributed by atoms with van der Waals surface area (Å²) in [5, 5.41) is 0. The lowest BCUT2D eigenvalue weighted by molar-refractivity contribution is 0.0985. The van der Waals surface area contributed by atoms with Gasteiger partial charge < -0.3 is 4.90 Å². The predicted octanol–water partition coefficient (Wildman–Crippen LogP) is 5.62. The van der Waals surface area contributed by atoms with E-state index < -0.39 is 0 Å². The Kier molecular flexibility index (Phi) is 6.93. The van der Waals surface area contributed by atoms with Gasteiger partial charge in [0.05, 0.1) is 0 Å². The predicted molar refractivity (Wildman–Crippen MR) is 108 cm³/mol. The van der Waals surface area contributed by atoms with Crippen molar-refractivity contribution < 1.29 is 9.18 Å². The number of hydrogen-bond acceptors (Lipinski definition) is 2. The smallest absolute Gasteiger partial charge is 0.164 e. The summed E-state index contributed by atoms with van der Waals surface area (Å²) in [6, 6.07) is 24.2. The zero-order valence-electron chi connectivity index (χ0n) is 14.6. The normalized spacial score (nSPS) is 10.1. The Bertz CT molecular complexity index is 832. The summed E-state index contributed by atoms with van der Waals surface area (Å²) in [7, 11) is 1.97. The minimum Gasteiger partial charge on any atom is -0.374 e. The second-order valence-corrected chi connectivity index (χ2v) is 6.01. The molecule has 0 aliphatic heterocycles. The lowest BCUT2D eigenvalue weighted by Gasteiger charge is -2.19. The van der Waals surface area contributed by atoms with Crippen LogP contribution in [0.5, 0.6) is 0 Å². The fourth-order valence-corrected chi connectivity index (χ4v) is 2.72. The number of Topliss-reactive ketones (excluding diaryl/α,β-unsaturated/α-hetero) is 1. The third-order valence-corrected chi connectivity index (χ3v) is 4.26. The molecule has 0 spiro atoms. The van der Waals surface area contributed by atoms with Crippen LogP contribution < -0.4 is 4.90 Å². The monoisotopic (exact) mass is 369 g/mol. The second kappa shape index (κ2) is 9.16. The van der Waals surface area contributed by atoms with Crippen molar-refractivity contribution in [2.24, 2.45) is 0 Å². The molecular formula is C22H21ClFNO. The summed E-state index contributed by atoms with van der Waals surface area (Å²) in [5.74, 6) is -0.306. The lowest BCUT2D eigenvalue weighted by atomic mass is 10.1. The van der Waals surface area contributed by atoms with Gasteiger partial charge >= 0.3 is 0 Å². The van der Waals surface area contributed by atoms with Crippen LogP contribution in [0.2, 0.25) is 0 Å². The van der Waals surface area contributed by atoms with Crippen LogP contribution in [-0.2, 0) is 0 Å². The minimum atomic E-state index is -0.327. The van der Waals surface area contributed by atoms with Gasteiger partial charge in [-0.05, 0) is 47.5 Å². The van der Waals surface area contributed by atoms with Crippen LogP contribution in [0.15, 0.2) is 78.9 Å². The quantitative estimate of drug-likeness (QED) is 0.525. The zero-order chi connectivity index (χ0) is 17.6. The van der Waals surface area contributed by atoms with Crippen LogP contribution in [0.4, 0.5) is 10.1 Å². The Morgan fingerprint density at radius 3 is 2.04 bits per heavy atom. The van der Waals surface area contributed by atoms with Crippen LogP contribution in [0, 0.1) is 5.82 Å². The molecule has 0 saturated carbocycles. The third-order valence-electron chi connectivity index (χ3n) is 4.26. The summed E-state index contributed by atoms with van der Waals surface area (Å²) in [4.78, 5) is 14.2. The number of halogens is 2. The van der Waals surface area contributed by atoms with E-state index in [9.17, 15) is 9.18 Å². The fraction of sp³-hybridized carbons (Fsp3) is 0.136. The first kappa shape index (κ1) is 19.7. The molecule has 4 heteroatoms. The van der Waals surface area contributed by atoms with Crippen molar-refractivity contribution in [2.45, 2.75) is 6.42 Å². The van der Waals surface area contributed by atoms with Gasteiger partial charge in [0.25, 0.3) is 0 Å². The average Bonchev–Trinajstić information content (AvgIpc) is 2.67. The van der Waals surface area contributed by atoms with E-state index in [-0.39, 0.29) is 24.0 Å². The molecule has 0 radical (unpaired) electrons. The first-order valence-electron chi connectivity index (χ1n) is 8.29. The molecule has 0 bridgehead atoms. The summed E-state index contributed by atoms with van der Waals surface area (Å²) in [6.07, 6.45) is 0.391. The van der Waals surface area contributed by atoms with Crippen molar-refractivity contribution in [1.29, 1.82) is 0 Å². The Balaban J connectivity index is 0.00000243. The number of nitrogens with zero attached hydrogens (tertiary/aromatic N) is 1. The van der Waals surface area contributed by atoms with Gasteiger partial charge in [0, 0.05) is 31.3 Å². The van der Waals surface area contributed by atoms with E-state index >= 15 is 0 Å². The number of ketones is 1. The maximum absolute atomic E-state index is 12.9. The third kappa shape index (κ3) is 4.93. The number of carbonyl (C=O) groups excluding carboxylic acids is 1. The van der Waals surface area contributed by atoms with Gasteiger partial charge in [0.2, 0.25) is 0 Å². The van der Waals surface area contributed by atoms with Crippen molar-refractivity contribution >= 4 is 23.9 Å². The van der Waals surface area contributed by atoms with Gasteiger partial charge in [0.1, 0.15) is 5.82 Å². The van der Waals surface area contributed by atoms with E-state index in [2.05, 4.69) is 41.3 Å². The maximum Gasteiger partial charge on any atom is 0.164 e. The molecule has 0 aliphatic carbocycles.